The first kappa shape index (κ1) is 11.4. The van der Waals surface area contributed by atoms with Crippen molar-refractivity contribution < 1.29 is 17.7 Å². The highest BCUT2D eigenvalue weighted by atomic mass is 19.4. The molecule has 0 saturated heterocycles. The molecule has 0 aliphatic carbocycles. The summed E-state index contributed by atoms with van der Waals surface area (Å²) in [5.74, 6) is 0.249. The van der Waals surface area contributed by atoms with Crippen LogP contribution in [-0.2, 0) is 12.7 Å². The molecule has 5 nitrogen and oxygen atoms in total. The van der Waals surface area contributed by atoms with E-state index in [1.54, 1.807) is 0 Å². The van der Waals surface area contributed by atoms with Gasteiger partial charge in [0.15, 0.2) is 11.5 Å². The first-order chi connectivity index (χ1) is 7.97. The highest BCUT2D eigenvalue weighted by Gasteiger charge is 2.33. The van der Waals surface area contributed by atoms with Crippen LogP contribution < -0.4 is 5.56 Å². The van der Waals surface area contributed by atoms with Crippen LogP contribution in [-0.4, -0.2) is 14.9 Å². The first-order valence-electron chi connectivity index (χ1n) is 4.52. The van der Waals surface area contributed by atoms with Gasteiger partial charge in [0.25, 0.3) is 5.56 Å². The zero-order chi connectivity index (χ0) is 12.5. The summed E-state index contributed by atoms with van der Waals surface area (Å²) in [6, 6.07) is 2.89. The SMILES string of the molecule is O=c1ccc(C(F)(F)F)nn1Cc1ccno1. The third-order valence-electron chi connectivity index (χ3n) is 1.95. The fourth-order valence-corrected chi connectivity index (χ4v) is 1.18. The minimum atomic E-state index is -4.59. The molecule has 2 aromatic rings. The maximum atomic E-state index is 12.4. The summed E-state index contributed by atoms with van der Waals surface area (Å²) < 4.78 is 42.5. The van der Waals surface area contributed by atoms with Gasteiger partial charge in [0.05, 0.1) is 6.20 Å². The van der Waals surface area contributed by atoms with Crippen molar-refractivity contribution in [3.05, 3.63) is 46.2 Å². The summed E-state index contributed by atoms with van der Waals surface area (Å²) in [6.45, 7) is -0.192. The van der Waals surface area contributed by atoms with Crippen LogP contribution in [0.4, 0.5) is 13.2 Å². The topological polar surface area (TPSA) is 60.9 Å². The fourth-order valence-electron chi connectivity index (χ4n) is 1.18. The summed E-state index contributed by atoms with van der Waals surface area (Å²) in [5, 5.41) is 6.59. The van der Waals surface area contributed by atoms with Crippen molar-refractivity contribution in [2.75, 3.05) is 0 Å². The monoisotopic (exact) mass is 245 g/mol. The van der Waals surface area contributed by atoms with Gasteiger partial charge in [-0.1, -0.05) is 5.16 Å². The highest BCUT2D eigenvalue weighted by Crippen LogP contribution is 2.26. The Balaban J connectivity index is 2.37. The molecule has 8 heteroatoms. The largest absolute Gasteiger partial charge is 0.435 e. The van der Waals surface area contributed by atoms with E-state index in [0.717, 1.165) is 6.07 Å². The average Bonchev–Trinajstić information content (AvgIpc) is 2.72. The van der Waals surface area contributed by atoms with E-state index in [0.29, 0.717) is 10.7 Å². The van der Waals surface area contributed by atoms with Gasteiger partial charge in [0.1, 0.15) is 6.54 Å². The molecule has 0 fully saturated rings. The molecule has 0 amide bonds. The Morgan fingerprint density at radius 3 is 2.65 bits per heavy atom. The van der Waals surface area contributed by atoms with Crippen molar-refractivity contribution in [2.24, 2.45) is 0 Å². The van der Waals surface area contributed by atoms with Crippen LogP contribution in [0.1, 0.15) is 11.5 Å². The van der Waals surface area contributed by atoms with E-state index in [1.807, 2.05) is 0 Å². The minimum absolute atomic E-state index is 0.192. The summed E-state index contributed by atoms with van der Waals surface area (Å²) in [5.41, 5.74) is -1.77. The van der Waals surface area contributed by atoms with Crippen LogP contribution in [0.2, 0.25) is 0 Å². The van der Waals surface area contributed by atoms with E-state index < -0.39 is 17.4 Å². The van der Waals surface area contributed by atoms with Crippen LogP contribution in [0, 0.1) is 0 Å². The van der Waals surface area contributed by atoms with Gasteiger partial charge in [0.2, 0.25) is 0 Å². The van der Waals surface area contributed by atoms with Crippen molar-refractivity contribution in [2.45, 2.75) is 12.7 Å². The van der Waals surface area contributed by atoms with Crippen LogP contribution in [0.3, 0.4) is 0 Å². The average molecular weight is 245 g/mol. The molecular formula is C9H6F3N3O2. The lowest BCUT2D eigenvalue weighted by Crippen LogP contribution is -2.25. The van der Waals surface area contributed by atoms with Crippen molar-refractivity contribution >= 4 is 0 Å². The normalized spacial score (nSPS) is 11.7. The van der Waals surface area contributed by atoms with Crippen LogP contribution in [0.5, 0.6) is 0 Å². The molecule has 0 aliphatic heterocycles. The molecule has 2 aromatic heterocycles. The third kappa shape index (κ3) is 2.52. The highest BCUT2D eigenvalue weighted by molar-refractivity contribution is 5.05. The van der Waals surface area contributed by atoms with Gasteiger partial charge >= 0.3 is 6.18 Å². The molecule has 90 valence electrons. The molecule has 0 unspecified atom stereocenters. The Labute approximate surface area is 92.5 Å². The van der Waals surface area contributed by atoms with Gasteiger partial charge < -0.3 is 4.52 Å². The molecule has 0 bridgehead atoms. The molecule has 0 atom stereocenters. The first-order valence-corrected chi connectivity index (χ1v) is 4.52. The standard InChI is InChI=1S/C9H6F3N3O2/c10-9(11,12)7-1-2-8(16)15(14-7)5-6-3-4-13-17-6/h1-4H,5H2. The van der Waals surface area contributed by atoms with Crippen LogP contribution in [0.15, 0.2) is 33.7 Å². The number of halogens is 3. The van der Waals surface area contributed by atoms with Gasteiger partial charge in [-0.05, 0) is 6.07 Å². The second kappa shape index (κ2) is 4.04. The lowest BCUT2D eigenvalue weighted by Gasteiger charge is -2.07. The Bertz CT molecular complexity index is 560. The smallest absolute Gasteiger partial charge is 0.359 e. The third-order valence-corrected chi connectivity index (χ3v) is 1.95. The minimum Gasteiger partial charge on any atom is -0.359 e. The Hall–Kier alpha value is -2.12. The summed E-state index contributed by atoms with van der Waals surface area (Å²) in [7, 11) is 0. The Morgan fingerprint density at radius 2 is 2.06 bits per heavy atom. The number of rotatable bonds is 2. The fraction of sp³-hybridized carbons (Fsp3) is 0.222. The Morgan fingerprint density at radius 1 is 1.29 bits per heavy atom. The number of hydrogen-bond acceptors (Lipinski definition) is 4. The molecule has 17 heavy (non-hydrogen) atoms. The maximum absolute atomic E-state index is 12.4. The number of alkyl halides is 3. The molecule has 0 N–H and O–H groups in total. The predicted molar refractivity (Wildman–Crippen MR) is 49.1 cm³/mol. The molecule has 0 aromatic carbocycles. The molecule has 0 spiro atoms. The zero-order valence-electron chi connectivity index (χ0n) is 8.31. The van der Waals surface area contributed by atoms with E-state index in [9.17, 15) is 18.0 Å². The molecule has 2 heterocycles. The van der Waals surface area contributed by atoms with Gasteiger partial charge in [-0.2, -0.15) is 18.3 Å². The van der Waals surface area contributed by atoms with E-state index in [-0.39, 0.29) is 12.3 Å². The quantitative estimate of drug-likeness (QED) is 0.800. The Kier molecular flexibility index (Phi) is 2.70. The number of nitrogens with zero attached hydrogens (tertiary/aromatic N) is 3. The summed E-state index contributed by atoms with van der Waals surface area (Å²) in [4.78, 5) is 11.3. The molecule has 0 aliphatic rings. The molecule has 0 saturated carbocycles. The van der Waals surface area contributed by atoms with Gasteiger partial charge in [-0.25, -0.2) is 4.68 Å². The van der Waals surface area contributed by atoms with E-state index in [2.05, 4.69) is 14.8 Å². The number of aromatic nitrogens is 3. The van der Waals surface area contributed by atoms with Crippen molar-refractivity contribution in [3.8, 4) is 0 Å². The lowest BCUT2D eigenvalue weighted by atomic mass is 10.4. The van der Waals surface area contributed by atoms with E-state index in [1.165, 1.54) is 12.3 Å². The molecule has 2 rings (SSSR count). The zero-order valence-corrected chi connectivity index (χ0v) is 8.31. The van der Waals surface area contributed by atoms with Gasteiger partial charge in [-0.3, -0.25) is 4.79 Å². The second-order valence-corrected chi connectivity index (χ2v) is 3.19. The molecule has 0 radical (unpaired) electrons. The van der Waals surface area contributed by atoms with E-state index >= 15 is 0 Å². The van der Waals surface area contributed by atoms with E-state index in [4.69, 9.17) is 0 Å². The number of hydrogen-bond donors (Lipinski definition) is 0. The lowest BCUT2D eigenvalue weighted by molar-refractivity contribution is -0.142. The van der Waals surface area contributed by atoms with Crippen molar-refractivity contribution in [1.82, 2.24) is 14.9 Å². The van der Waals surface area contributed by atoms with Crippen molar-refractivity contribution in [3.63, 3.8) is 0 Å². The maximum Gasteiger partial charge on any atom is 0.435 e. The van der Waals surface area contributed by atoms with Crippen LogP contribution in [0.25, 0.3) is 0 Å². The van der Waals surface area contributed by atoms with Gasteiger partial charge in [0, 0.05) is 12.1 Å². The summed E-state index contributed by atoms with van der Waals surface area (Å²) >= 11 is 0. The van der Waals surface area contributed by atoms with Crippen molar-refractivity contribution in [1.29, 1.82) is 0 Å². The predicted octanol–water partition coefficient (Wildman–Crippen LogP) is 1.30. The van der Waals surface area contributed by atoms with Gasteiger partial charge in [-0.15, -0.1) is 0 Å². The summed E-state index contributed by atoms with van der Waals surface area (Å²) in [6.07, 6.45) is -3.26. The van der Waals surface area contributed by atoms with Crippen LogP contribution >= 0.6 is 0 Å². The molecular weight excluding hydrogens is 239 g/mol. The second-order valence-electron chi connectivity index (χ2n) is 3.19.